The minimum absolute atomic E-state index is 0.0812. The molecule has 0 spiro atoms. The molecule has 2 aromatic rings. The van der Waals surface area contributed by atoms with Gasteiger partial charge in [-0.2, -0.15) is 0 Å². The molecule has 0 saturated carbocycles. The first kappa shape index (κ1) is 8.50. The van der Waals surface area contributed by atoms with Gasteiger partial charge >= 0.3 is 0 Å². The third-order valence-electron chi connectivity index (χ3n) is 1.80. The Morgan fingerprint density at radius 1 is 1.21 bits per heavy atom. The molecular weight excluding hydrogens is 180 g/mol. The van der Waals surface area contributed by atoms with E-state index in [0.29, 0.717) is 5.82 Å². The summed E-state index contributed by atoms with van der Waals surface area (Å²) in [4.78, 5) is 15.3. The predicted octanol–water partition coefficient (Wildman–Crippen LogP) is 0.938. The molecule has 0 saturated heterocycles. The summed E-state index contributed by atoms with van der Waals surface area (Å²) in [7, 11) is 0. The van der Waals surface area contributed by atoms with Crippen molar-refractivity contribution in [1.29, 1.82) is 0 Å². The zero-order chi connectivity index (χ0) is 9.97. The number of rotatable bonds is 1. The Bertz CT molecular complexity index is 488. The minimum Gasteiger partial charge on any atom is -0.506 e. The molecule has 1 N–H and O–H groups in total. The monoisotopic (exact) mass is 188 g/mol. The normalized spacial score (nSPS) is 10.0. The van der Waals surface area contributed by atoms with Crippen molar-refractivity contribution in [3.63, 3.8) is 0 Å². The fourth-order valence-corrected chi connectivity index (χ4v) is 1.14. The molecular formula is C10H8N2O2. The maximum Gasteiger partial charge on any atom is 0.256 e. The highest BCUT2D eigenvalue weighted by atomic mass is 16.3. The average Bonchev–Trinajstić information content (AvgIpc) is 2.20. The Kier molecular flexibility index (Phi) is 2.02. The summed E-state index contributed by atoms with van der Waals surface area (Å²) in [6.07, 6.45) is 2.93. The van der Waals surface area contributed by atoms with E-state index in [1.54, 1.807) is 24.4 Å². The van der Waals surface area contributed by atoms with Gasteiger partial charge in [-0.25, -0.2) is 4.98 Å². The standard InChI is InChI=1S/C10H8N2O2/c13-8-4-5-9(11-7-8)12-6-2-1-3-10(12)14/h1-7,13H. The lowest BCUT2D eigenvalue weighted by Crippen LogP contribution is -2.16. The number of hydrogen-bond donors (Lipinski definition) is 1. The second kappa shape index (κ2) is 3.33. The van der Waals surface area contributed by atoms with E-state index in [0.717, 1.165) is 0 Å². The molecule has 0 fully saturated rings. The van der Waals surface area contributed by atoms with Gasteiger partial charge in [-0.1, -0.05) is 6.07 Å². The van der Waals surface area contributed by atoms with Gasteiger partial charge < -0.3 is 5.11 Å². The largest absolute Gasteiger partial charge is 0.506 e. The first-order chi connectivity index (χ1) is 6.77. The van der Waals surface area contributed by atoms with Crippen molar-refractivity contribution in [3.05, 3.63) is 53.1 Å². The summed E-state index contributed by atoms with van der Waals surface area (Å²) in [5.74, 6) is 0.575. The van der Waals surface area contributed by atoms with Crippen LogP contribution in [0.2, 0.25) is 0 Å². The third kappa shape index (κ3) is 1.50. The zero-order valence-electron chi connectivity index (χ0n) is 7.29. The Morgan fingerprint density at radius 3 is 2.71 bits per heavy atom. The second-order valence-electron chi connectivity index (χ2n) is 2.78. The van der Waals surface area contributed by atoms with Gasteiger partial charge in [0.25, 0.3) is 5.56 Å². The van der Waals surface area contributed by atoms with Crippen LogP contribution in [0.1, 0.15) is 0 Å². The van der Waals surface area contributed by atoms with Crippen molar-refractivity contribution in [1.82, 2.24) is 9.55 Å². The van der Waals surface area contributed by atoms with Crippen LogP contribution in [0, 0.1) is 0 Å². The quantitative estimate of drug-likeness (QED) is 0.724. The molecule has 4 heteroatoms. The molecule has 0 aliphatic heterocycles. The van der Waals surface area contributed by atoms with Gasteiger partial charge in [0, 0.05) is 12.3 Å². The van der Waals surface area contributed by atoms with Gasteiger partial charge in [0.05, 0.1) is 6.20 Å². The highest BCUT2D eigenvalue weighted by Crippen LogP contribution is 2.07. The molecule has 0 aromatic carbocycles. The Morgan fingerprint density at radius 2 is 2.07 bits per heavy atom. The number of aromatic nitrogens is 2. The molecule has 2 heterocycles. The van der Waals surface area contributed by atoms with Crippen molar-refractivity contribution in [2.75, 3.05) is 0 Å². The fourth-order valence-electron chi connectivity index (χ4n) is 1.14. The van der Waals surface area contributed by atoms with E-state index in [-0.39, 0.29) is 11.3 Å². The van der Waals surface area contributed by atoms with Crippen LogP contribution in [0.4, 0.5) is 0 Å². The number of pyridine rings is 2. The summed E-state index contributed by atoms with van der Waals surface area (Å²) in [6.45, 7) is 0. The van der Waals surface area contributed by atoms with Gasteiger partial charge in [-0.15, -0.1) is 0 Å². The summed E-state index contributed by atoms with van der Waals surface area (Å²) in [6, 6.07) is 7.93. The van der Waals surface area contributed by atoms with Gasteiger partial charge in [0.1, 0.15) is 11.6 Å². The van der Waals surface area contributed by atoms with Crippen LogP contribution in [0.3, 0.4) is 0 Å². The van der Waals surface area contributed by atoms with Crippen LogP contribution in [-0.4, -0.2) is 14.7 Å². The van der Waals surface area contributed by atoms with Crippen molar-refractivity contribution in [2.24, 2.45) is 0 Å². The summed E-state index contributed by atoms with van der Waals surface area (Å²) in [5.41, 5.74) is -0.148. The lowest BCUT2D eigenvalue weighted by Gasteiger charge is -2.02. The van der Waals surface area contributed by atoms with E-state index in [1.807, 2.05) is 0 Å². The van der Waals surface area contributed by atoms with Gasteiger partial charge in [-0.05, 0) is 18.2 Å². The van der Waals surface area contributed by atoms with Crippen molar-refractivity contribution in [2.45, 2.75) is 0 Å². The summed E-state index contributed by atoms with van der Waals surface area (Å²) >= 11 is 0. The Hall–Kier alpha value is -2.10. The first-order valence-electron chi connectivity index (χ1n) is 4.10. The highest BCUT2D eigenvalue weighted by molar-refractivity contribution is 5.28. The molecule has 0 atom stereocenters. The maximum atomic E-state index is 11.4. The third-order valence-corrected chi connectivity index (χ3v) is 1.80. The molecule has 2 rings (SSSR count). The van der Waals surface area contributed by atoms with E-state index < -0.39 is 0 Å². The fraction of sp³-hybridized carbons (Fsp3) is 0. The van der Waals surface area contributed by atoms with Crippen molar-refractivity contribution >= 4 is 0 Å². The van der Waals surface area contributed by atoms with E-state index in [9.17, 15) is 4.79 Å². The van der Waals surface area contributed by atoms with E-state index in [2.05, 4.69) is 4.98 Å². The maximum absolute atomic E-state index is 11.4. The number of nitrogens with zero attached hydrogens (tertiary/aromatic N) is 2. The lowest BCUT2D eigenvalue weighted by atomic mass is 10.4. The molecule has 0 unspecified atom stereocenters. The van der Waals surface area contributed by atoms with Crippen LogP contribution in [0.25, 0.3) is 5.82 Å². The molecule has 4 nitrogen and oxygen atoms in total. The predicted molar refractivity (Wildman–Crippen MR) is 51.5 cm³/mol. The van der Waals surface area contributed by atoms with E-state index in [1.165, 1.54) is 22.9 Å². The van der Waals surface area contributed by atoms with Crippen LogP contribution < -0.4 is 5.56 Å². The van der Waals surface area contributed by atoms with Crippen molar-refractivity contribution < 1.29 is 5.11 Å². The summed E-state index contributed by atoms with van der Waals surface area (Å²) < 4.78 is 1.40. The van der Waals surface area contributed by atoms with Crippen molar-refractivity contribution in [3.8, 4) is 11.6 Å². The molecule has 70 valence electrons. The SMILES string of the molecule is O=c1ccccn1-c1ccc(O)cn1. The number of hydrogen-bond acceptors (Lipinski definition) is 3. The van der Waals surface area contributed by atoms with Crippen LogP contribution >= 0.6 is 0 Å². The van der Waals surface area contributed by atoms with Crippen LogP contribution in [-0.2, 0) is 0 Å². The molecule has 0 aliphatic carbocycles. The highest BCUT2D eigenvalue weighted by Gasteiger charge is 1.98. The molecule has 14 heavy (non-hydrogen) atoms. The zero-order valence-corrected chi connectivity index (χ0v) is 7.29. The second-order valence-corrected chi connectivity index (χ2v) is 2.78. The molecule has 0 bridgehead atoms. The van der Waals surface area contributed by atoms with Gasteiger partial charge in [0.15, 0.2) is 0 Å². The lowest BCUT2D eigenvalue weighted by molar-refractivity contribution is 0.472. The summed E-state index contributed by atoms with van der Waals surface area (Å²) in [5, 5.41) is 9.02. The molecule has 2 aromatic heterocycles. The molecule has 0 radical (unpaired) electrons. The smallest absolute Gasteiger partial charge is 0.256 e. The molecule has 0 aliphatic rings. The van der Waals surface area contributed by atoms with Crippen LogP contribution in [0.5, 0.6) is 5.75 Å². The number of aromatic hydroxyl groups is 1. The van der Waals surface area contributed by atoms with Gasteiger partial charge in [0.2, 0.25) is 0 Å². The Labute approximate surface area is 80.1 Å². The minimum atomic E-state index is -0.148. The average molecular weight is 188 g/mol. The molecule has 0 amide bonds. The Balaban J connectivity index is 2.56. The van der Waals surface area contributed by atoms with E-state index >= 15 is 0 Å². The first-order valence-corrected chi connectivity index (χ1v) is 4.10. The van der Waals surface area contributed by atoms with Crippen LogP contribution in [0.15, 0.2) is 47.5 Å². The topological polar surface area (TPSA) is 55.1 Å². The van der Waals surface area contributed by atoms with Gasteiger partial charge in [-0.3, -0.25) is 9.36 Å². The van der Waals surface area contributed by atoms with E-state index in [4.69, 9.17) is 5.11 Å².